The molecule has 1 aromatic carbocycles. The third-order valence-electron chi connectivity index (χ3n) is 2.17. The summed E-state index contributed by atoms with van der Waals surface area (Å²) in [5.41, 5.74) is 11.3. The van der Waals surface area contributed by atoms with Crippen LogP contribution >= 0.6 is 11.5 Å². The Morgan fingerprint density at radius 3 is 2.75 bits per heavy atom. The summed E-state index contributed by atoms with van der Waals surface area (Å²) in [6.07, 6.45) is 0.764. The van der Waals surface area contributed by atoms with Crippen LogP contribution < -0.4 is 0 Å². The number of hydrogen-bond acceptors (Lipinski definition) is 4. The van der Waals surface area contributed by atoms with E-state index in [9.17, 15) is 0 Å². The molecule has 2 aromatic rings. The van der Waals surface area contributed by atoms with E-state index in [0.29, 0.717) is 6.54 Å². The van der Waals surface area contributed by atoms with Gasteiger partial charge in [0.1, 0.15) is 5.69 Å². The molecule has 0 aliphatic rings. The molecule has 5 nitrogen and oxygen atoms in total. The number of nitrogens with zero attached hydrogens (tertiary/aromatic N) is 5. The summed E-state index contributed by atoms with van der Waals surface area (Å²) < 4.78 is 3.82. The van der Waals surface area contributed by atoms with Crippen molar-refractivity contribution in [2.75, 3.05) is 6.54 Å². The monoisotopic (exact) mass is 231 g/mol. The molecule has 0 aliphatic carbocycles. The maximum absolute atomic E-state index is 8.16. The Hall–Kier alpha value is -1.91. The van der Waals surface area contributed by atoms with E-state index in [2.05, 4.69) is 19.6 Å². The van der Waals surface area contributed by atoms with E-state index in [1.54, 1.807) is 0 Å². The Kier molecular flexibility index (Phi) is 3.48. The number of azide groups is 1. The summed E-state index contributed by atoms with van der Waals surface area (Å²) in [4.78, 5) is 2.72. The van der Waals surface area contributed by atoms with Gasteiger partial charge < -0.3 is 0 Å². The van der Waals surface area contributed by atoms with E-state index in [4.69, 9.17) is 5.53 Å². The van der Waals surface area contributed by atoms with Gasteiger partial charge in [-0.05, 0) is 29.0 Å². The van der Waals surface area contributed by atoms with Crippen LogP contribution in [0.4, 0.5) is 0 Å². The Morgan fingerprint density at radius 1 is 1.31 bits per heavy atom. The lowest BCUT2D eigenvalue weighted by atomic mass is 10.1. The van der Waals surface area contributed by atoms with Crippen LogP contribution in [0.3, 0.4) is 0 Å². The number of hydrogen-bond donors (Lipinski definition) is 0. The first kappa shape index (κ1) is 10.6. The molecule has 0 bridgehead atoms. The van der Waals surface area contributed by atoms with E-state index in [1.807, 2.05) is 29.6 Å². The Balaban J connectivity index is 2.07. The molecule has 0 N–H and O–H groups in total. The fourth-order valence-corrected chi connectivity index (χ4v) is 1.82. The maximum atomic E-state index is 8.16. The molecule has 0 fully saturated rings. The molecule has 0 amide bonds. The topological polar surface area (TPSA) is 74.5 Å². The Labute approximate surface area is 96.5 Å². The summed E-state index contributed by atoms with van der Waals surface area (Å²) in [5, 5.41) is 9.40. The molecule has 0 unspecified atom stereocenters. The Morgan fingerprint density at radius 2 is 2.12 bits per heavy atom. The standard InChI is InChI=1S/C10H9N5S/c11-14-12-6-5-8-1-3-9(4-2-8)10-7-16-15-13-10/h1-4,7H,5-6H2. The molecule has 6 heteroatoms. The van der Waals surface area contributed by atoms with Crippen LogP contribution in [-0.2, 0) is 6.42 Å². The van der Waals surface area contributed by atoms with Crippen molar-refractivity contribution in [3.8, 4) is 11.3 Å². The predicted molar refractivity (Wildman–Crippen MR) is 63.1 cm³/mol. The number of rotatable bonds is 4. The minimum absolute atomic E-state index is 0.494. The molecule has 0 saturated heterocycles. The van der Waals surface area contributed by atoms with Crippen molar-refractivity contribution in [1.29, 1.82) is 0 Å². The summed E-state index contributed by atoms with van der Waals surface area (Å²) >= 11 is 1.34. The van der Waals surface area contributed by atoms with Gasteiger partial charge in [0, 0.05) is 22.4 Å². The van der Waals surface area contributed by atoms with Gasteiger partial charge in [0.25, 0.3) is 0 Å². The summed E-state index contributed by atoms with van der Waals surface area (Å²) in [7, 11) is 0. The van der Waals surface area contributed by atoms with Gasteiger partial charge in [-0.25, -0.2) is 0 Å². The molecule has 0 saturated carbocycles. The smallest absolute Gasteiger partial charge is 0.105 e. The minimum Gasteiger partial charge on any atom is -0.138 e. The van der Waals surface area contributed by atoms with Crippen molar-refractivity contribution in [2.24, 2.45) is 5.11 Å². The molecule has 16 heavy (non-hydrogen) atoms. The molecular weight excluding hydrogens is 222 g/mol. The van der Waals surface area contributed by atoms with Gasteiger partial charge in [-0.3, -0.25) is 0 Å². The fourth-order valence-electron chi connectivity index (χ4n) is 1.36. The van der Waals surface area contributed by atoms with Gasteiger partial charge in [-0.2, -0.15) is 0 Å². The van der Waals surface area contributed by atoms with Crippen molar-refractivity contribution in [3.05, 3.63) is 45.7 Å². The van der Waals surface area contributed by atoms with Crippen molar-refractivity contribution in [2.45, 2.75) is 6.42 Å². The molecule has 0 radical (unpaired) electrons. The van der Waals surface area contributed by atoms with Crippen LogP contribution in [0.2, 0.25) is 0 Å². The van der Waals surface area contributed by atoms with Crippen LogP contribution in [0.5, 0.6) is 0 Å². The van der Waals surface area contributed by atoms with Crippen LogP contribution in [0.1, 0.15) is 5.56 Å². The highest BCUT2D eigenvalue weighted by Gasteiger charge is 2.00. The average molecular weight is 231 g/mol. The van der Waals surface area contributed by atoms with E-state index >= 15 is 0 Å². The molecule has 2 rings (SSSR count). The molecular formula is C10H9N5S. The highest BCUT2D eigenvalue weighted by Crippen LogP contribution is 2.18. The molecule has 1 aromatic heterocycles. The zero-order valence-corrected chi connectivity index (χ0v) is 9.26. The first-order valence-electron chi connectivity index (χ1n) is 4.77. The van der Waals surface area contributed by atoms with Crippen LogP contribution in [0.15, 0.2) is 34.8 Å². The molecule has 0 atom stereocenters. The van der Waals surface area contributed by atoms with Gasteiger partial charge in [-0.1, -0.05) is 33.9 Å². The van der Waals surface area contributed by atoms with Crippen LogP contribution in [0.25, 0.3) is 21.7 Å². The van der Waals surface area contributed by atoms with Gasteiger partial charge in [-0.15, -0.1) is 5.10 Å². The van der Waals surface area contributed by atoms with Crippen molar-refractivity contribution in [1.82, 2.24) is 9.59 Å². The average Bonchev–Trinajstić information content (AvgIpc) is 2.84. The van der Waals surface area contributed by atoms with Gasteiger partial charge in [0.05, 0.1) is 0 Å². The zero-order chi connectivity index (χ0) is 11.2. The maximum Gasteiger partial charge on any atom is 0.105 e. The van der Waals surface area contributed by atoms with Crippen molar-refractivity contribution >= 4 is 11.5 Å². The third-order valence-corrected chi connectivity index (χ3v) is 2.68. The van der Waals surface area contributed by atoms with E-state index < -0.39 is 0 Å². The normalized spacial score (nSPS) is 9.75. The largest absolute Gasteiger partial charge is 0.138 e. The second-order valence-corrected chi connectivity index (χ2v) is 3.80. The molecule has 1 heterocycles. The van der Waals surface area contributed by atoms with Gasteiger partial charge in [0.15, 0.2) is 0 Å². The van der Waals surface area contributed by atoms with Crippen molar-refractivity contribution < 1.29 is 0 Å². The minimum atomic E-state index is 0.494. The zero-order valence-electron chi connectivity index (χ0n) is 8.45. The van der Waals surface area contributed by atoms with Crippen LogP contribution in [0, 0.1) is 0 Å². The van der Waals surface area contributed by atoms with Gasteiger partial charge in [0.2, 0.25) is 0 Å². The quantitative estimate of drug-likeness (QED) is 0.460. The SMILES string of the molecule is [N-]=[N+]=NCCc1ccc(-c2csnn2)cc1. The Bertz CT molecular complexity index is 484. The first-order chi connectivity index (χ1) is 7.90. The summed E-state index contributed by atoms with van der Waals surface area (Å²) in [6.45, 7) is 0.494. The second-order valence-electron chi connectivity index (χ2n) is 3.19. The van der Waals surface area contributed by atoms with Gasteiger partial charge >= 0.3 is 0 Å². The highest BCUT2D eigenvalue weighted by atomic mass is 32.1. The molecule has 0 spiro atoms. The number of aromatic nitrogens is 2. The highest BCUT2D eigenvalue weighted by molar-refractivity contribution is 7.03. The second kappa shape index (κ2) is 5.25. The lowest BCUT2D eigenvalue weighted by Gasteiger charge is -1.99. The van der Waals surface area contributed by atoms with E-state index in [0.717, 1.165) is 23.2 Å². The van der Waals surface area contributed by atoms with E-state index in [1.165, 1.54) is 11.5 Å². The first-order valence-corrected chi connectivity index (χ1v) is 5.61. The summed E-state index contributed by atoms with van der Waals surface area (Å²) in [6, 6.07) is 8.04. The summed E-state index contributed by atoms with van der Waals surface area (Å²) in [5.74, 6) is 0. The predicted octanol–water partition coefficient (Wildman–Crippen LogP) is 3.06. The fraction of sp³-hybridized carbons (Fsp3) is 0.200. The van der Waals surface area contributed by atoms with E-state index in [-0.39, 0.29) is 0 Å². The molecule has 80 valence electrons. The third kappa shape index (κ3) is 2.56. The lowest BCUT2D eigenvalue weighted by molar-refractivity contribution is 0.956. The molecule has 0 aliphatic heterocycles. The van der Waals surface area contributed by atoms with Crippen LogP contribution in [-0.4, -0.2) is 16.1 Å². The lowest BCUT2D eigenvalue weighted by Crippen LogP contribution is -1.88. The number of benzene rings is 1. The van der Waals surface area contributed by atoms with Crippen molar-refractivity contribution in [3.63, 3.8) is 0 Å².